The summed E-state index contributed by atoms with van der Waals surface area (Å²) >= 11 is 2.02. The molecule has 362 valence electrons. The van der Waals surface area contributed by atoms with Gasteiger partial charge in [0.25, 0.3) is 6.71 Å². The van der Waals surface area contributed by atoms with E-state index in [9.17, 15) is 0 Å². The fraction of sp³-hybridized carbons (Fsp3) is 0.424. The predicted molar refractivity (Wildman–Crippen MR) is 310 cm³/mol. The molecule has 7 aromatic rings. The molecule has 3 heterocycles. The van der Waals surface area contributed by atoms with Crippen molar-refractivity contribution in [3.63, 3.8) is 0 Å². The zero-order valence-corrected chi connectivity index (χ0v) is 47.0. The summed E-state index contributed by atoms with van der Waals surface area (Å²) in [5.41, 5.74) is 22.8. The summed E-state index contributed by atoms with van der Waals surface area (Å²) < 4.78 is 2.79. The van der Waals surface area contributed by atoms with Gasteiger partial charge < -0.3 is 9.80 Å². The molecular formula is C66H79BN2S. The van der Waals surface area contributed by atoms with E-state index in [4.69, 9.17) is 0 Å². The quantitative estimate of drug-likeness (QED) is 0.163. The SMILES string of the molecule is CC(C)(C)c1ccc(-c2cc(C(C)(C)C)ccc2N2c3cc4c(cc3B3c5sc6ccc(C(C)(C)C)cc6c5N(c5ccc(C(C)(C)C)cc5)c5cc(C(C)(C)C)cc2c53)C(C)(C)CCC4(C)C)cc1. The van der Waals surface area contributed by atoms with Gasteiger partial charge in [-0.2, -0.15) is 0 Å². The molecule has 6 aromatic carbocycles. The summed E-state index contributed by atoms with van der Waals surface area (Å²) in [6, 6.07) is 44.3. The lowest BCUT2D eigenvalue weighted by molar-refractivity contribution is 0.332. The normalized spacial score (nSPS) is 16.5. The van der Waals surface area contributed by atoms with Gasteiger partial charge in [-0.1, -0.05) is 186 Å². The van der Waals surface area contributed by atoms with Gasteiger partial charge in [0.2, 0.25) is 0 Å². The Balaban J connectivity index is 1.38. The predicted octanol–water partition coefficient (Wildman–Crippen LogP) is 17.5. The maximum absolute atomic E-state index is 2.73. The van der Waals surface area contributed by atoms with Gasteiger partial charge in [0.15, 0.2) is 0 Å². The minimum absolute atomic E-state index is 0.00401. The highest BCUT2D eigenvalue weighted by atomic mass is 32.1. The summed E-state index contributed by atoms with van der Waals surface area (Å²) in [4.78, 5) is 5.41. The average Bonchev–Trinajstić information content (AvgIpc) is 3.64. The lowest BCUT2D eigenvalue weighted by Gasteiger charge is -2.47. The van der Waals surface area contributed by atoms with Gasteiger partial charge in [0.05, 0.1) is 11.4 Å². The van der Waals surface area contributed by atoms with Crippen LogP contribution in [0.1, 0.15) is 183 Å². The second kappa shape index (κ2) is 15.7. The van der Waals surface area contributed by atoms with Gasteiger partial charge in [-0.25, -0.2) is 0 Å². The highest BCUT2D eigenvalue weighted by molar-refractivity contribution is 7.33. The van der Waals surface area contributed by atoms with Crippen LogP contribution in [0.2, 0.25) is 0 Å². The van der Waals surface area contributed by atoms with Crippen molar-refractivity contribution in [2.24, 2.45) is 0 Å². The standard InChI is InChI=1S/C66H79BN2S/c1-60(2,3)41-22-20-40(21-23-41)47-34-43(62(7,8)9)26-30-52(47)69-53-39-50-49(65(16,17)32-33-66(50,18)19)38-51(53)67-57-54(36-45(37-55(57)69)64(13,14)15)68(46-28-24-42(25-29-46)61(4,5)6)58-48-35-44(63(10,11)12)27-31-56(48)70-59(58)67/h20-31,34-39H,32-33H2,1-19H3. The molecule has 0 saturated heterocycles. The monoisotopic (exact) mass is 943 g/mol. The molecule has 0 atom stereocenters. The number of benzene rings is 6. The molecule has 0 amide bonds. The van der Waals surface area contributed by atoms with Crippen LogP contribution in [0.15, 0.2) is 109 Å². The Morgan fingerprint density at radius 1 is 0.443 bits per heavy atom. The van der Waals surface area contributed by atoms with E-state index in [-0.39, 0.29) is 44.6 Å². The highest BCUT2D eigenvalue weighted by Crippen LogP contribution is 2.54. The van der Waals surface area contributed by atoms with Crippen molar-refractivity contribution >= 4 is 78.0 Å². The Labute approximate surface area is 427 Å². The third-order valence-electron chi connectivity index (χ3n) is 16.5. The number of rotatable bonds is 3. The van der Waals surface area contributed by atoms with Gasteiger partial charge >= 0.3 is 0 Å². The third-order valence-corrected chi connectivity index (χ3v) is 17.7. The molecule has 0 spiro atoms. The number of thiophene rings is 1. The van der Waals surface area contributed by atoms with Gasteiger partial charge in [0, 0.05) is 43.2 Å². The fourth-order valence-electron chi connectivity index (χ4n) is 11.7. The molecule has 1 aromatic heterocycles. The van der Waals surface area contributed by atoms with E-state index in [2.05, 4.69) is 251 Å². The van der Waals surface area contributed by atoms with Gasteiger partial charge in [0.1, 0.15) is 0 Å². The summed E-state index contributed by atoms with van der Waals surface area (Å²) in [5, 5.41) is 1.35. The average molecular weight is 943 g/mol. The number of anilines is 6. The Morgan fingerprint density at radius 2 is 0.914 bits per heavy atom. The molecule has 2 nitrogen and oxygen atoms in total. The van der Waals surface area contributed by atoms with E-state index >= 15 is 0 Å². The van der Waals surface area contributed by atoms with Crippen molar-refractivity contribution < 1.29 is 0 Å². The lowest BCUT2D eigenvalue weighted by Crippen LogP contribution is -2.61. The van der Waals surface area contributed by atoms with E-state index in [1.807, 2.05) is 11.3 Å². The van der Waals surface area contributed by atoms with Crippen LogP contribution in [0.4, 0.5) is 34.1 Å². The van der Waals surface area contributed by atoms with Crippen molar-refractivity contribution in [3.05, 3.63) is 148 Å². The van der Waals surface area contributed by atoms with Gasteiger partial charge in [-0.05, 0) is 161 Å². The van der Waals surface area contributed by atoms with Crippen LogP contribution in [0, 0.1) is 0 Å². The molecule has 70 heavy (non-hydrogen) atoms. The Bertz CT molecular complexity index is 3220. The van der Waals surface area contributed by atoms with Crippen LogP contribution < -0.4 is 25.5 Å². The Kier molecular flexibility index (Phi) is 10.9. The van der Waals surface area contributed by atoms with E-state index in [0.717, 1.165) is 6.42 Å². The molecule has 4 heteroatoms. The summed E-state index contributed by atoms with van der Waals surface area (Å²) in [5.74, 6) is 0. The van der Waals surface area contributed by atoms with Crippen molar-refractivity contribution in [2.45, 2.75) is 182 Å². The molecule has 0 unspecified atom stereocenters. The number of fused-ring (bicyclic) bond motifs is 7. The number of hydrogen-bond donors (Lipinski definition) is 0. The van der Waals surface area contributed by atoms with Crippen LogP contribution in [0.5, 0.6) is 0 Å². The largest absolute Gasteiger partial charge is 0.311 e. The van der Waals surface area contributed by atoms with Crippen molar-refractivity contribution in [1.82, 2.24) is 0 Å². The van der Waals surface area contributed by atoms with Crippen LogP contribution in [0.3, 0.4) is 0 Å². The van der Waals surface area contributed by atoms with E-state index in [0.29, 0.717) is 0 Å². The lowest BCUT2D eigenvalue weighted by atomic mass is 9.35. The molecule has 0 bridgehead atoms. The van der Waals surface area contributed by atoms with Crippen molar-refractivity contribution in [1.29, 1.82) is 0 Å². The minimum Gasteiger partial charge on any atom is -0.311 e. The second-order valence-electron chi connectivity index (χ2n) is 27.9. The summed E-state index contributed by atoms with van der Waals surface area (Å²) in [6.07, 6.45) is 2.33. The minimum atomic E-state index is -0.130. The fourth-order valence-corrected chi connectivity index (χ4v) is 13.0. The molecular weight excluding hydrogens is 864 g/mol. The first kappa shape index (κ1) is 48.6. The van der Waals surface area contributed by atoms with Crippen LogP contribution in [-0.2, 0) is 37.9 Å². The molecule has 0 fully saturated rings. The van der Waals surface area contributed by atoms with Gasteiger partial charge in [-0.3, -0.25) is 0 Å². The van der Waals surface area contributed by atoms with Crippen LogP contribution in [-0.4, -0.2) is 6.71 Å². The van der Waals surface area contributed by atoms with Crippen LogP contribution in [0.25, 0.3) is 21.2 Å². The molecule has 0 N–H and O–H groups in total. The third kappa shape index (κ3) is 7.98. The zero-order valence-electron chi connectivity index (χ0n) is 46.2. The molecule has 1 aliphatic carbocycles. The highest BCUT2D eigenvalue weighted by Gasteiger charge is 2.49. The maximum atomic E-state index is 2.73. The van der Waals surface area contributed by atoms with Crippen molar-refractivity contribution in [3.8, 4) is 11.1 Å². The summed E-state index contributed by atoms with van der Waals surface area (Å²) in [7, 11) is 0. The Hall–Kier alpha value is -5.06. The van der Waals surface area contributed by atoms with E-state index < -0.39 is 0 Å². The van der Waals surface area contributed by atoms with E-state index in [1.165, 1.54) is 116 Å². The first-order valence-corrected chi connectivity index (χ1v) is 27.1. The second-order valence-corrected chi connectivity index (χ2v) is 29.0. The topological polar surface area (TPSA) is 6.48 Å². The molecule has 0 saturated carbocycles. The summed E-state index contributed by atoms with van der Waals surface area (Å²) in [6.45, 7) is 45.2. The van der Waals surface area contributed by atoms with Gasteiger partial charge in [-0.15, -0.1) is 11.3 Å². The zero-order chi connectivity index (χ0) is 50.6. The van der Waals surface area contributed by atoms with Crippen LogP contribution >= 0.6 is 11.3 Å². The smallest absolute Gasteiger partial charge is 0.264 e. The first-order valence-electron chi connectivity index (χ1n) is 26.3. The molecule has 3 aliphatic rings. The van der Waals surface area contributed by atoms with E-state index in [1.54, 1.807) is 0 Å². The first-order chi connectivity index (χ1) is 32.3. The van der Waals surface area contributed by atoms with Crippen molar-refractivity contribution in [2.75, 3.05) is 9.80 Å². The number of nitrogens with zero attached hydrogens (tertiary/aromatic N) is 2. The Morgan fingerprint density at radius 3 is 1.46 bits per heavy atom. The molecule has 0 radical (unpaired) electrons. The molecule has 10 rings (SSSR count). The number of hydrogen-bond acceptors (Lipinski definition) is 3. The maximum Gasteiger partial charge on any atom is 0.264 e. The molecule has 2 aliphatic heterocycles.